The maximum atomic E-state index is 11.6. The molecule has 0 radical (unpaired) electrons. The molecule has 5 nitrogen and oxygen atoms in total. The molecule has 102 valence electrons. The molecule has 0 aliphatic heterocycles. The zero-order valence-corrected chi connectivity index (χ0v) is 11.0. The van der Waals surface area contributed by atoms with Gasteiger partial charge in [0.1, 0.15) is 5.75 Å². The summed E-state index contributed by atoms with van der Waals surface area (Å²) in [6.07, 6.45) is 6.54. The lowest BCUT2D eigenvalue weighted by molar-refractivity contribution is 0.255. The second kappa shape index (κ2) is 6.94. The summed E-state index contributed by atoms with van der Waals surface area (Å²) in [7, 11) is 1.61. The van der Waals surface area contributed by atoms with Crippen molar-refractivity contribution in [2.45, 2.75) is 0 Å². The monoisotopic (exact) mass is 269 g/mol. The Morgan fingerprint density at radius 3 is 2.85 bits per heavy atom. The highest BCUT2D eigenvalue weighted by Gasteiger charge is 1.99. The number of nitrogens with one attached hydrogen (secondary N) is 2. The van der Waals surface area contributed by atoms with Crippen LogP contribution in [0.2, 0.25) is 0 Å². The molecule has 2 aromatic rings. The van der Waals surface area contributed by atoms with Crippen LogP contribution < -0.4 is 15.4 Å². The standard InChI is InChI=1S/C15H15N3O2/c1-20-14-7-3-2-5-12(14)8-10-17-15(19)18-13-6-4-9-16-11-13/h2-11H,1H3,(H2,17,18,19)/b10-8+. The van der Waals surface area contributed by atoms with E-state index in [4.69, 9.17) is 4.74 Å². The highest BCUT2D eigenvalue weighted by atomic mass is 16.5. The smallest absolute Gasteiger partial charge is 0.323 e. The minimum Gasteiger partial charge on any atom is -0.496 e. The average molecular weight is 269 g/mol. The Labute approximate surface area is 117 Å². The van der Waals surface area contributed by atoms with Crippen molar-refractivity contribution in [2.24, 2.45) is 0 Å². The Kier molecular flexibility index (Phi) is 4.72. The van der Waals surface area contributed by atoms with E-state index in [0.717, 1.165) is 11.3 Å². The van der Waals surface area contributed by atoms with E-state index in [1.807, 2.05) is 24.3 Å². The Balaban J connectivity index is 1.91. The third-order valence-corrected chi connectivity index (χ3v) is 2.54. The van der Waals surface area contributed by atoms with Crippen LogP contribution in [0.5, 0.6) is 5.75 Å². The summed E-state index contributed by atoms with van der Waals surface area (Å²) >= 11 is 0. The Morgan fingerprint density at radius 1 is 1.25 bits per heavy atom. The van der Waals surface area contributed by atoms with Crippen LogP contribution in [0.1, 0.15) is 5.56 Å². The fourth-order valence-corrected chi connectivity index (χ4v) is 1.62. The van der Waals surface area contributed by atoms with Gasteiger partial charge >= 0.3 is 6.03 Å². The Bertz CT molecular complexity index is 597. The molecule has 0 bridgehead atoms. The molecule has 1 aromatic carbocycles. The fraction of sp³-hybridized carbons (Fsp3) is 0.0667. The quantitative estimate of drug-likeness (QED) is 0.897. The number of benzene rings is 1. The van der Waals surface area contributed by atoms with E-state index in [1.54, 1.807) is 43.9 Å². The van der Waals surface area contributed by atoms with Crippen molar-refractivity contribution >= 4 is 17.8 Å². The zero-order chi connectivity index (χ0) is 14.2. The molecule has 1 aromatic heterocycles. The number of hydrogen-bond acceptors (Lipinski definition) is 3. The number of methoxy groups -OCH3 is 1. The van der Waals surface area contributed by atoms with Crippen LogP contribution in [0.25, 0.3) is 6.08 Å². The number of anilines is 1. The van der Waals surface area contributed by atoms with E-state index in [1.165, 1.54) is 0 Å². The number of hydrogen-bond donors (Lipinski definition) is 2. The first-order chi connectivity index (χ1) is 9.79. The molecule has 2 N–H and O–H groups in total. The molecular weight excluding hydrogens is 254 g/mol. The molecule has 0 aliphatic rings. The highest BCUT2D eigenvalue weighted by Crippen LogP contribution is 2.18. The number of para-hydroxylation sites is 1. The first-order valence-electron chi connectivity index (χ1n) is 6.06. The number of pyridine rings is 1. The summed E-state index contributed by atoms with van der Waals surface area (Å²) in [5.74, 6) is 0.748. The number of nitrogens with zero attached hydrogens (tertiary/aromatic N) is 1. The van der Waals surface area contributed by atoms with Gasteiger partial charge in [-0.1, -0.05) is 18.2 Å². The van der Waals surface area contributed by atoms with Crippen LogP contribution in [-0.2, 0) is 0 Å². The topological polar surface area (TPSA) is 63.2 Å². The fourth-order valence-electron chi connectivity index (χ4n) is 1.62. The summed E-state index contributed by atoms with van der Waals surface area (Å²) in [4.78, 5) is 15.5. The van der Waals surface area contributed by atoms with E-state index in [9.17, 15) is 4.79 Å². The third kappa shape index (κ3) is 3.84. The molecule has 0 fully saturated rings. The van der Waals surface area contributed by atoms with Crippen LogP contribution in [-0.4, -0.2) is 18.1 Å². The minimum atomic E-state index is -0.329. The van der Waals surface area contributed by atoms with Crippen molar-refractivity contribution in [3.8, 4) is 5.75 Å². The molecule has 0 saturated carbocycles. The van der Waals surface area contributed by atoms with Gasteiger partial charge in [-0.3, -0.25) is 4.98 Å². The number of carbonyl (C=O) groups is 1. The van der Waals surface area contributed by atoms with Gasteiger partial charge in [0.05, 0.1) is 19.0 Å². The van der Waals surface area contributed by atoms with Crippen LogP contribution >= 0.6 is 0 Å². The lowest BCUT2D eigenvalue weighted by Crippen LogP contribution is -2.23. The summed E-state index contributed by atoms with van der Waals surface area (Å²) < 4.78 is 5.21. The van der Waals surface area contributed by atoms with E-state index in [0.29, 0.717) is 5.69 Å². The highest BCUT2D eigenvalue weighted by molar-refractivity contribution is 5.90. The summed E-state index contributed by atoms with van der Waals surface area (Å²) in [6, 6.07) is 10.7. The van der Waals surface area contributed by atoms with E-state index >= 15 is 0 Å². The van der Waals surface area contributed by atoms with E-state index < -0.39 is 0 Å². The number of amides is 2. The van der Waals surface area contributed by atoms with Crippen molar-refractivity contribution < 1.29 is 9.53 Å². The minimum absolute atomic E-state index is 0.329. The molecule has 0 unspecified atom stereocenters. The van der Waals surface area contributed by atoms with Gasteiger partial charge in [0, 0.05) is 18.0 Å². The molecule has 2 amide bonds. The first kappa shape index (κ1) is 13.6. The number of urea groups is 1. The maximum absolute atomic E-state index is 11.6. The van der Waals surface area contributed by atoms with Gasteiger partial charge < -0.3 is 15.4 Å². The van der Waals surface area contributed by atoms with Crippen molar-refractivity contribution in [2.75, 3.05) is 12.4 Å². The third-order valence-electron chi connectivity index (χ3n) is 2.54. The van der Waals surface area contributed by atoms with Gasteiger partial charge in [-0.05, 0) is 24.3 Å². The van der Waals surface area contributed by atoms with Crippen LogP contribution in [0, 0.1) is 0 Å². The molecule has 5 heteroatoms. The van der Waals surface area contributed by atoms with Gasteiger partial charge in [-0.25, -0.2) is 4.79 Å². The molecule has 0 saturated heterocycles. The number of rotatable bonds is 4. The van der Waals surface area contributed by atoms with Crippen molar-refractivity contribution in [1.82, 2.24) is 10.3 Å². The molecular formula is C15H15N3O2. The van der Waals surface area contributed by atoms with E-state index in [-0.39, 0.29) is 6.03 Å². The summed E-state index contributed by atoms with van der Waals surface area (Å²) in [6.45, 7) is 0. The van der Waals surface area contributed by atoms with E-state index in [2.05, 4.69) is 15.6 Å². The first-order valence-corrected chi connectivity index (χ1v) is 6.06. The van der Waals surface area contributed by atoms with Gasteiger partial charge in [0.25, 0.3) is 0 Å². The van der Waals surface area contributed by atoms with Crippen LogP contribution in [0.3, 0.4) is 0 Å². The number of carbonyl (C=O) groups excluding carboxylic acids is 1. The average Bonchev–Trinajstić information content (AvgIpc) is 2.49. The van der Waals surface area contributed by atoms with Crippen molar-refractivity contribution in [3.63, 3.8) is 0 Å². The van der Waals surface area contributed by atoms with Crippen molar-refractivity contribution in [3.05, 3.63) is 60.6 Å². The van der Waals surface area contributed by atoms with Gasteiger partial charge in [-0.2, -0.15) is 0 Å². The SMILES string of the molecule is COc1ccccc1/C=C/NC(=O)Nc1cccnc1. The summed E-state index contributed by atoms with van der Waals surface area (Å²) in [5, 5.41) is 5.28. The predicted octanol–water partition coefficient (Wildman–Crippen LogP) is 2.88. The lowest BCUT2D eigenvalue weighted by atomic mass is 10.2. The number of ether oxygens (including phenoxy) is 1. The second-order valence-electron chi connectivity index (χ2n) is 3.92. The maximum Gasteiger partial charge on any atom is 0.323 e. The molecule has 0 atom stereocenters. The van der Waals surface area contributed by atoms with Gasteiger partial charge in [0.2, 0.25) is 0 Å². The summed E-state index contributed by atoms with van der Waals surface area (Å²) in [5.41, 5.74) is 1.52. The van der Waals surface area contributed by atoms with Gasteiger partial charge in [-0.15, -0.1) is 0 Å². The van der Waals surface area contributed by atoms with Crippen LogP contribution in [0.4, 0.5) is 10.5 Å². The zero-order valence-electron chi connectivity index (χ0n) is 11.0. The Morgan fingerprint density at radius 2 is 2.10 bits per heavy atom. The second-order valence-corrected chi connectivity index (χ2v) is 3.92. The molecule has 0 spiro atoms. The van der Waals surface area contributed by atoms with Crippen LogP contribution in [0.15, 0.2) is 55.0 Å². The molecule has 2 rings (SSSR count). The largest absolute Gasteiger partial charge is 0.496 e. The van der Waals surface area contributed by atoms with Crippen molar-refractivity contribution in [1.29, 1.82) is 0 Å². The normalized spacial score (nSPS) is 10.2. The molecule has 0 aliphatic carbocycles. The lowest BCUT2D eigenvalue weighted by Gasteiger charge is -2.05. The molecule has 20 heavy (non-hydrogen) atoms. The predicted molar refractivity (Wildman–Crippen MR) is 78.4 cm³/mol. The van der Waals surface area contributed by atoms with Gasteiger partial charge in [0.15, 0.2) is 0 Å². The Hall–Kier alpha value is -2.82. The molecule has 1 heterocycles. The number of aromatic nitrogens is 1.